The summed E-state index contributed by atoms with van der Waals surface area (Å²) >= 11 is 7.94. The monoisotopic (exact) mass is 670 g/mol. The number of fused-ring (bicyclic) bond motifs is 2. The Morgan fingerprint density at radius 3 is 2.89 bits per heavy atom. The zero-order valence-electron chi connectivity index (χ0n) is 24.9. The van der Waals surface area contributed by atoms with Gasteiger partial charge >= 0.3 is 6.01 Å². The van der Waals surface area contributed by atoms with E-state index in [0.29, 0.717) is 32.0 Å². The second kappa shape index (κ2) is 11.0. The van der Waals surface area contributed by atoms with Gasteiger partial charge in [-0.05, 0) is 44.4 Å². The molecular formula is C32H30ClF3N6O3S. The summed E-state index contributed by atoms with van der Waals surface area (Å²) in [7, 11) is 0. The number of hydrogen-bond donors (Lipinski definition) is 1. The van der Waals surface area contributed by atoms with Crippen molar-refractivity contribution < 1.29 is 27.4 Å². The predicted molar refractivity (Wildman–Crippen MR) is 170 cm³/mol. The molecule has 2 aromatic heterocycles. The first kappa shape index (κ1) is 29.8. The van der Waals surface area contributed by atoms with Gasteiger partial charge in [0.25, 0.3) is 0 Å². The maximum absolute atomic E-state index is 17.1. The summed E-state index contributed by atoms with van der Waals surface area (Å²) in [6.07, 6.45) is 1.87. The molecule has 46 heavy (non-hydrogen) atoms. The molecule has 14 heteroatoms. The Morgan fingerprint density at radius 2 is 2.11 bits per heavy atom. The summed E-state index contributed by atoms with van der Waals surface area (Å²) in [5.41, 5.74) is 5.65. The molecule has 4 aliphatic rings. The maximum Gasteiger partial charge on any atom is 0.319 e. The highest BCUT2D eigenvalue weighted by atomic mass is 35.5. The lowest BCUT2D eigenvalue weighted by Gasteiger charge is -2.34. The van der Waals surface area contributed by atoms with Gasteiger partial charge < -0.3 is 24.8 Å². The van der Waals surface area contributed by atoms with Gasteiger partial charge in [0.2, 0.25) is 0 Å². The van der Waals surface area contributed by atoms with Crippen LogP contribution in [-0.2, 0) is 4.74 Å². The van der Waals surface area contributed by atoms with Crippen molar-refractivity contribution >= 4 is 54.7 Å². The van der Waals surface area contributed by atoms with Crippen LogP contribution in [0.2, 0.25) is 5.02 Å². The van der Waals surface area contributed by atoms with E-state index in [1.165, 1.54) is 12.1 Å². The molecule has 4 aliphatic heterocycles. The van der Waals surface area contributed by atoms with E-state index in [1.807, 2.05) is 13.0 Å². The van der Waals surface area contributed by atoms with Crippen molar-refractivity contribution in [3.8, 4) is 29.0 Å². The number of ether oxygens (including phenoxy) is 3. The molecule has 0 saturated carbocycles. The minimum atomic E-state index is -0.941. The van der Waals surface area contributed by atoms with Gasteiger partial charge in [0.05, 0.1) is 44.9 Å². The number of alkyl halides is 1. The average molecular weight is 671 g/mol. The Labute approximate surface area is 271 Å². The van der Waals surface area contributed by atoms with E-state index in [1.54, 1.807) is 0 Å². The lowest BCUT2D eigenvalue weighted by Crippen LogP contribution is -2.45. The van der Waals surface area contributed by atoms with Crippen LogP contribution < -0.4 is 20.1 Å². The van der Waals surface area contributed by atoms with E-state index in [4.69, 9.17) is 36.5 Å². The Morgan fingerprint density at radius 1 is 1.26 bits per heavy atom. The van der Waals surface area contributed by atoms with E-state index >= 15 is 4.39 Å². The van der Waals surface area contributed by atoms with E-state index < -0.39 is 23.3 Å². The SMILES string of the molecule is CC1COc2c(Cl)c(-c3ccc(F)c4sc(N)c(C#N)c34)c(F)c3nc(OC[C@@]45CCCN4C[C@H](F)C5)nc(c23)N1[C@@H]1CCOC1. The third-order valence-electron chi connectivity index (χ3n) is 9.86. The summed E-state index contributed by atoms with van der Waals surface area (Å²) in [5.74, 6) is -0.807. The number of nitrogens with two attached hydrogens (primary N) is 1. The number of rotatable bonds is 5. The molecule has 240 valence electrons. The first-order valence-electron chi connectivity index (χ1n) is 15.3. The molecule has 4 aromatic rings. The summed E-state index contributed by atoms with van der Waals surface area (Å²) in [6, 6.07) is 4.29. The number of benzene rings is 2. The van der Waals surface area contributed by atoms with Gasteiger partial charge in [-0.25, -0.2) is 13.2 Å². The molecule has 2 N–H and O–H groups in total. The van der Waals surface area contributed by atoms with Gasteiger partial charge in [0.1, 0.15) is 47.6 Å². The highest BCUT2D eigenvalue weighted by Gasteiger charge is 2.49. The molecule has 0 spiro atoms. The van der Waals surface area contributed by atoms with Gasteiger partial charge in [-0.1, -0.05) is 17.7 Å². The number of aromatic nitrogens is 2. The van der Waals surface area contributed by atoms with Gasteiger partial charge in [0.15, 0.2) is 11.6 Å². The Balaban J connectivity index is 1.36. The van der Waals surface area contributed by atoms with E-state index in [2.05, 4.69) is 14.8 Å². The fourth-order valence-corrected chi connectivity index (χ4v) is 9.06. The van der Waals surface area contributed by atoms with Crippen molar-refractivity contribution in [1.29, 1.82) is 5.26 Å². The van der Waals surface area contributed by atoms with E-state index in [9.17, 15) is 14.0 Å². The molecule has 3 saturated heterocycles. The molecule has 1 unspecified atom stereocenters. The number of nitriles is 1. The number of halogens is 4. The first-order valence-corrected chi connectivity index (χ1v) is 16.5. The Bertz CT molecular complexity index is 1950. The lowest BCUT2D eigenvalue weighted by atomic mass is 9.95. The molecule has 2 aromatic carbocycles. The number of thiophene rings is 1. The zero-order valence-corrected chi connectivity index (χ0v) is 26.5. The van der Waals surface area contributed by atoms with Crippen molar-refractivity contribution in [3.05, 3.63) is 34.4 Å². The number of nitrogen functional groups attached to an aromatic ring is 1. The number of nitrogens with zero attached hydrogens (tertiary/aromatic N) is 5. The van der Waals surface area contributed by atoms with Gasteiger partial charge in [-0.3, -0.25) is 4.90 Å². The van der Waals surface area contributed by atoms with E-state index in [0.717, 1.165) is 37.1 Å². The minimum absolute atomic E-state index is 0.0355. The van der Waals surface area contributed by atoms with Crippen molar-refractivity contribution in [2.24, 2.45) is 0 Å². The summed E-state index contributed by atoms with van der Waals surface area (Å²) < 4.78 is 65.0. The quantitative estimate of drug-likeness (QED) is 0.264. The van der Waals surface area contributed by atoms with Gasteiger partial charge in [-0.15, -0.1) is 11.3 Å². The number of hydrogen-bond acceptors (Lipinski definition) is 10. The Kier molecular flexibility index (Phi) is 7.13. The third kappa shape index (κ3) is 4.41. The fraction of sp³-hybridized carbons (Fsp3) is 0.469. The predicted octanol–water partition coefficient (Wildman–Crippen LogP) is 6.23. The molecule has 0 bridgehead atoms. The lowest BCUT2D eigenvalue weighted by molar-refractivity contribution is 0.107. The summed E-state index contributed by atoms with van der Waals surface area (Å²) in [4.78, 5) is 13.6. The maximum atomic E-state index is 17.1. The smallest absolute Gasteiger partial charge is 0.319 e. The fourth-order valence-electron chi connectivity index (χ4n) is 7.78. The molecule has 0 amide bonds. The topological polar surface area (TPSA) is 110 Å². The van der Waals surface area contributed by atoms with Crippen LogP contribution in [0.5, 0.6) is 11.8 Å². The standard InChI is InChI=1S/C32H30ClF3N6O3S/c1-15-12-44-27-23-26(25(36)22(24(27)33)18-3-4-20(35)28-21(18)19(10-37)29(38)46-28)39-31(40-30(23)42(15)17-5-8-43-13-17)45-14-32-6-2-7-41(32)11-16(34)9-32/h3-4,15-17H,2,5-9,11-14,38H2,1H3/t15?,16-,17-,32+/m1/s1. The van der Waals surface area contributed by atoms with Crippen molar-refractivity contribution in [1.82, 2.24) is 14.9 Å². The molecular weight excluding hydrogens is 641 g/mol. The van der Waals surface area contributed by atoms with Crippen molar-refractivity contribution in [3.63, 3.8) is 0 Å². The molecule has 8 rings (SSSR count). The van der Waals surface area contributed by atoms with Crippen LogP contribution in [-0.4, -0.2) is 78.2 Å². The molecule has 3 fully saturated rings. The molecule has 4 atom stereocenters. The molecule has 9 nitrogen and oxygen atoms in total. The largest absolute Gasteiger partial charge is 0.489 e. The van der Waals surface area contributed by atoms with Crippen LogP contribution in [0.25, 0.3) is 32.1 Å². The molecule has 0 radical (unpaired) electrons. The van der Waals surface area contributed by atoms with Gasteiger partial charge in [-0.2, -0.15) is 15.2 Å². The van der Waals surface area contributed by atoms with Crippen LogP contribution in [0.3, 0.4) is 0 Å². The highest BCUT2D eigenvalue weighted by Crippen LogP contribution is 2.51. The normalized spacial score (nSPS) is 26.0. The van der Waals surface area contributed by atoms with Crippen LogP contribution in [0.15, 0.2) is 12.1 Å². The van der Waals surface area contributed by atoms with Crippen LogP contribution in [0.4, 0.5) is 24.0 Å². The van der Waals surface area contributed by atoms with Crippen molar-refractivity contribution in [2.75, 3.05) is 50.2 Å². The Hall–Kier alpha value is -3.57. The summed E-state index contributed by atoms with van der Waals surface area (Å²) in [5, 5.41) is 10.4. The van der Waals surface area contributed by atoms with Crippen molar-refractivity contribution in [2.45, 2.75) is 56.4 Å². The van der Waals surface area contributed by atoms with Crippen LogP contribution in [0.1, 0.15) is 38.2 Å². The third-order valence-corrected chi connectivity index (χ3v) is 11.2. The van der Waals surface area contributed by atoms with Crippen LogP contribution >= 0.6 is 22.9 Å². The minimum Gasteiger partial charge on any atom is -0.489 e. The highest BCUT2D eigenvalue weighted by molar-refractivity contribution is 7.23. The molecule has 0 aliphatic carbocycles. The average Bonchev–Trinajstić information content (AvgIpc) is 3.80. The van der Waals surface area contributed by atoms with Gasteiger partial charge in [0, 0.05) is 30.5 Å². The molecule has 6 heterocycles. The second-order valence-corrected chi connectivity index (χ2v) is 14.0. The van der Waals surface area contributed by atoms with Crippen LogP contribution in [0, 0.1) is 23.0 Å². The zero-order chi connectivity index (χ0) is 31.9. The first-order chi connectivity index (χ1) is 22.2. The van der Waals surface area contributed by atoms with E-state index in [-0.39, 0.29) is 84.8 Å². The second-order valence-electron chi connectivity index (χ2n) is 12.6. The summed E-state index contributed by atoms with van der Waals surface area (Å²) in [6.45, 7) is 4.52. The number of anilines is 2.